The number of hydrogen-bond acceptors (Lipinski definition) is 0. The van der Waals surface area contributed by atoms with Crippen molar-refractivity contribution in [3.8, 4) is 0 Å². The molecule has 0 amide bonds. The highest BCUT2D eigenvalue weighted by atomic mass is 14.3. The zero-order valence-corrected chi connectivity index (χ0v) is 5.51. The van der Waals surface area contributed by atoms with Crippen molar-refractivity contribution in [1.82, 2.24) is 0 Å². The Morgan fingerprint density at radius 2 is 2.33 bits per heavy atom. The van der Waals surface area contributed by atoms with Crippen LogP contribution < -0.4 is 0 Å². The zero-order valence-electron chi connectivity index (χ0n) is 5.51. The third-order valence-electron chi connectivity index (χ3n) is 2.22. The van der Waals surface area contributed by atoms with Crippen LogP contribution in [0.25, 0.3) is 0 Å². The summed E-state index contributed by atoms with van der Waals surface area (Å²) < 4.78 is 0. The molecule has 0 bridgehead atoms. The van der Waals surface area contributed by atoms with E-state index in [1.807, 2.05) is 0 Å². The molecule has 0 N–H and O–H groups in total. The van der Waals surface area contributed by atoms with Crippen molar-refractivity contribution in [3.05, 3.63) is 30.2 Å². The summed E-state index contributed by atoms with van der Waals surface area (Å²) in [5.41, 5.74) is 0. The van der Waals surface area contributed by atoms with Gasteiger partial charge in [0.25, 0.3) is 0 Å². The quantitative estimate of drug-likeness (QED) is 0.459. The van der Waals surface area contributed by atoms with E-state index in [2.05, 4.69) is 24.3 Å². The van der Waals surface area contributed by atoms with Crippen molar-refractivity contribution in [3.63, 3.8) is 0 Å². The Hall–Kier alpha value is -0.520. The van der Waals surface area contributed by atoms with Crippen molar-refractivity contribution in [1.29, 1.82) is 0 Å². The molecule has 2 rings (SSSR count). The lowest BCUT2D eigenvalue weighted by Gasteiger charge is -2.12. The molecule has 1 atom stereocenters. The maximum Gasteiger partial charge on any atom is 0.00443 e. The summed E-state index contributed by atoms with van der Waals surface area (Å²) in [5.74, 6) is 2.47. The van der Waals surface area contributed by atoms with Crippen molar-refractivity contribution in [2.24, 2.45) is 5.92 Å². The van der Waals surface area contributed by atoms with Crippen LogP contribution >= 0.6 is 0 Å². The van der Waals surface area contributed by atoms with E-state index in [-0.39, 0.29) is 0 Å². The zero-order chi connectivity index (χ0) is 6.10. The van der Waals surface area contributed by atoms with Gasteiger partial charge in [-0.25, -0.2) is 0 Å². The lowest BCUT2D eigenvalue weighted by Crippen LogP contribution is -2.00. The predicted octanol–water partition coefficient (Wildman–Crippen LogP) is 2.49. The molecule has 0 spiro atoms. The molecule has 47 valence electrons. The van der Waals surface area contributed by atoms with E-state index in [0.717, 1.165) is 5.92 Å². The minimum Gasteiger partial charge on any atom is -0.0805 e. The Kier molecular flexibility index (Phi) is 1.18. The van der Waals surface area contributed by atoms with Gasteiger partial charge in [0.2, 0.25) is 0 Å². The van der Waals surface area contributed by atoms with Crippen LogP contribution in [0.15, 0.2) is 24.3 Å². The number of rotatable bonds is 0. The molecule has 0 heterocycles. The summed E-state index contributed by atoms with van der Waals surface area (Å²) in [6.45, 7) is 0. The SMILES string of the molecule is C1=C[C]2CCCC2C=C1. The molecular weight excluding hydrogens is 108 g/mol. The molecular formula is C9H11. The van der Waals surface area contributed by atoms with Crippen LogP contribution in [0.4, 0.5) is 0 Å². The van der Waals surface area contributed by atoms with E-state index >= 15 is 0 Å². The molecule has 2 aliphatic rings. The predicted molar refractivity (Wildman–Crippen MR) is 38.9 cm³/mol. The van der Waals surface area contributed by atoms with Crippen molar-refractivity contribution < 1.29 is 0 Å². The Labute approximate surface area is 56.3 Å². The normalized spacial score (nSPS) is 33.1. The molecule has 2 aliphatic carbocycles. The van der Waals surface area contributed by atoms with E-state index in [1.54, 1.807) is 5.92 Å². The molecule has 0 aromatic heterocycles. The molecule has 0 aliphatic heterocycles. The van der Waals surface area contributed by atoms with Crippen LogP contribution in [0.5, 0.6) is 0 Å². The maximum absolute atomic E-state index is 2.32. The van der Waals surface area contributed by atoms with Gasteiger partial charge in [-0.05, 0) is 18.8 Å². The molecule has 1 saturated carbocycles. The number of allylic oxidation sites excluding steroid dienone is 4. The van der Waals surface area contributed by atoms with E-state index in [9.17, 15) is 0 Å². The average Bonchev–Trinajstić information content (AvgIpc) is 2.33. The molecule has 0 heteroatoms. The lowest BCUT2D eigenvalue weighted by molar-refractivity contribution is 0.733. The van der Waals surface area contributed by atoms with Crippen LogP contribution in [0.2, 0.25) is 0 Å². The fourth-order valence-corrected chi connectivity index (χ4v) is 1.70. The first kappa shape index (κ1) is 5.28. The topological polar surface area (TPSA) is 0 Å². The minimum atomic E-state index is 0.815. The number of fused-ring (bicyclic) bond motifs is 1. The van der Waals surface area contributed by atoms with Gasteiger partial charge < -0.3 is 0 Å². The molecule has 0 nitrogen and oxygen atoms in total. The molecule has 0 aromatic carbocycles. The summed E-state index contributed by atoms with van der Waals surface area (Å²) in [5, 5.41) is 0. The van der Waals surface area contributed by atoms with Crippen LogP contribution in [-0.4, -0.2) is 0 Å². The second kappa shape index (κ2) is 2.02. The fourth-order valence-electron chi connectivity index (χ4n) is 1.70. The van der Waals surface area contributed by atoms with Gasteiger partial charge in [-0.1, -0.05) is 30.7 Å². The highest BCUT2D eigenvalue weighted by Crippen LogP contribution is 2.37. The molecule has 0 aromatic rings. The van der Waals surface area contributed by atoms with Gasteiger partial charge in [0.1, 0.15) is 0 Å². The Bertz CT molecular complexity index is 135. The molecule has 1 unspecified atom stereocenters. The Morgan fingerprint density at radius 3 is 3.22 bits per heavy atom. The van der Waals surface area contributed by atoms with Gasteiger partial charge in [-0.3, -0.25) is 0 Å². The van der Waals surface area contributed by atoms with Crippen molar-refractivity contribution >= 4 is 0 Å². The van der Waals surface area contributed by atoms with Crippen molar-refractivity contribution in [2.45, 2.75) is 19.3 Å². The van der Waals surface area contributed by atoms with Gasteiger partial charge in [0, 0.05) is 5.92 Å². The Morgan fingerprint density at radius 1 is 1.33 bits per heavy atom. The van der Waals surface area contributed by atoms with E-state index in [1.165, 1.54) is 19.3 Å². The molecule has 0 saturated heterocycles. The van der Waals surface area contributed by atoms with Crippen LogP contribution in [-0.2, 0) is 0 Å². The van der Waals surface area contributed by atoms with Crippen LogP contribution in [0.3, 0.4) is 0 Å². The van der Waals surface area contributed by atoms with E-state index in [0.29, 0.717) is 0 Å². The summed E-state index contributed by atoms with van der Waals surface area (Å²) in [4.78, 5) is 0. The standard InChI is InChI=1S/C9H11/c1-2-5-9-7-3-6-8(9)4-1/h1-2,4-5,8H,3,6-7H2. The van der Waals surface area contributed by atoms with E-state index in [4.69, 9.17) is 0 Å². The summed E-state index contributed by atoms with van der Waals surface area (Å²) in [6, 6.07) is 0. The molecule has 9 heavy (non-hydrogen) atoms. The van der Waals surface area contributed by atoms with Gasteiger partial charge in [0.05, 0.1) is 0 Å². The largest absolute Gasteiger partial charge is 0.0805 e. The second-order valence-corrected chi connectivity index (χ2v) is 2.82. The van der Waals surface area contributed by atoms with Gasteiger partial charge in [-0.2, -0.15) is 0 Å². The first-order chi connectivity index (χ1) is 4.47. The first-order valence-electron chi connectivity index (χ1n) is 3.67. The third-order valence-corrected chi connectivity index (χ3v) is 2.22. The van der Waals surface area contributed by atoms with Gasteiger partial charge in [-0.15, -0.1) is 0 Å². The van der Waals surface area contributed by atoms with Crippen molar-refractivity contribution in [2.75, 3.05) is 0 Å². The highest BCUT2D eigenvalue weighted by Gasteiger charge is 2.24. The minimum absolute atomic E-state index is 0.815. The molecule has 1 radical (unpaired) electrons. The summed E-state index contributed by atoms with van der Waals surface area (Å²) in [7, 11) is 0. The summed E-state index contributed by atoms with van der Waals surface area (Å²) in [6.07, 6.45) is 13.0. The maximum atomic E-state index is 2.32. The van der Waals surface area contributed by atoms with Gasteiger partial charge in [0.15, 0.2) is 0 Å². The van der Waals surface area contributed by atoms with Crippen LogP contribution in [0.1, 0.15) is 19.3 Å². The Balaban J connectivity index is 2.18. The third kappa shape index (κ3) is 0.827. The summed E-state index contributed by atoms with van der Waals surface area (Å²) >= 11 is 0. The second-order valence-electron chi connectivity index (χ2n) is 2.82. The smallest absolute Gasteiger partial charge is 0.00443 e. The lowest BCUT2D eigenvalue weighted by atomic mass is 9.92. The van der Waals surface area contributed by atoms with Crippen LogP contribution in [0, 0.1) is 11.8 Å². The monoisotopic (exact) mass is 119 g/mol. The van der Waals surface area contributed by atoms with E-state index < -0.39 is 0 Å². The number of hydrogen-bond donors (Lipinski definition) is 0. The first-order valence-corrected chi connectivity index (χ1v) is 3.67. The molecule has 1 fully saturated rings. The average molecular weight is 119 g/mol. The van der Waals surface area contributed by atoms with Gasteiger partial charge >= 0.3 is 0 Å². The fraction of sp³-hybridized carbons (Fsp3) is 0.444. The highest BCUT2D eigenvalue weighted by molar-refractivity contribution is 5.29.